The molecule has 92 valence electrons. The first-order chi connectivity index (χ1) is 8.65. The summed E-state index contributed by atoms with van der Waals surface area (Å²) >= 11 is 0. The zero-order chi connectivity index (χ0) is 13.0. The summed E-state index contributed by atoms with van der Waals surface area (Å²) in [6, 6.07) is 3.97. The minimum atomic E-state index is 0.663. The van der Waals surface area contributed by atoms with Gasteiger partial charge in [-0.15, -0.1) is 0 Å². The third kappa shape index (κ3) is 3.17. The Labute approximate surface area is 107 Å². The van der Waals surface area contributed by atoms with Crippen LogP contribution in [0.3, 0.4) is 0 Å². The molecule has 0 aromatic carbocycles. The second-order valence-corrected chi connectivity index (χ2v) is 4.21. The van der Waals surface area contributed by atoms with Crippen molar-refractivity contribution in [3.05, 3.63) is 59.8 Å². The maximum Gasteiger partial charge on any atom is 0.125 e. The van der Waals surface area contributed by atoms with Crippen molar-refractivity contribution < 1.29 is 4.74 Å². The summed E-state index contributed by atoms with van der Waals surface area (Å²) < 4.78 is 5.54. The van der Waals surface area contributed by atoms with Gasteiger partial charge in [-0.25, -0.2) is 0 Å². The van der Waals surface area contributed by atoms with Crippen LogP contribution in [0.15, 0.2) is 53.6 Å². The molecule has 0 spiro atoms. The summed E-state index contributed by atoms with van der Waals surface area (Å²) in [7, 11) is 0. The lowest BCUT2D eigenvalue weighted by Gasteiger charge is -2.06. The Hall–Kier alpha value is -2.16. The fraction of sp³-hybridized carbons (Fsp3) is 0.200. The summed E-state index contributed by atoms with van der Waals surface area (Å²) in [5.41, 5.74) is 2.82. The fourth-order valence-electron chi connectivity index (χ4n) is 1.64. The Morgan fingerprint density at radius 1 is 1.44 bits per heavy atom. The highest BCUT2D eigenvalue weighted by molar-refractivity contribution is 5.76. The molecule has 2 heterocycles. The van der Waals surface area contributed by atoms with E-state index in [0.29, 0.717) is 5.76 Å². The smallest absolute Gasteiger partial charge is 0.125 e. The average molecular weight is 240 g/mol. The van der Waals surface area contributed by atoms with Gasteiger partial charge in [0.2, 0.25) is 0 Å². The van der Waals surface area contributed by atoms with Gasteiger partial charge in [-0.2, -0.15) is 0 Å². The van der Waals surface area contributed by atoms with Crippen molar-refractivity contribution in [3.63, 3.8) is 0 Å². The molecule has 0 amide bonds. The Morgan fingerprint density at radius 3 is 3.00 bits per heavy atom. The Balaban J connectivity index is 2.33. The summed E-state index contributed by atoms with van der Waals surface area (Å²) in [6.45, 7) is 7.60. The second kappa shape index (κ2) is 5.45. The molecule has 0 fully saturated rings. The van der Waals surface area contributed by atoms with Crippen molar-refractivity contribution >= 4 is 11.9 Å². The first kappa shape index (κ1) is 12.3. The standard InChI is InChI=1S/C15H16N2O/c1-11(2)18-13-5-4-7-16-15(10-13)14-9-12(3)6-8-17-14/h5-10H,1,4H2,2-3H3. The predicted octanol–water partition coefficient (Wildman–Crippen LogP) is 3.64. The number of allylic oxidation sites excluding steroid dienone is 3. The maximum atomic E-state index is 5.54. The summed E-state index contributed by atoms with van der Waals surface area (Å²) in [5, 5.41) is 0. The van der Waals surface area contributed by atoms with E-state index in [2.05, 4.69) is 16.6 Å². The third-order valence-electron chi connectivity index (χ3n) is 2.40. The number of hydrogen-bond acceptors (Lipinski definition) is 3. The van der Waals surface area contributed by atoms with Crippen molar-refractivity contribution in [2.24, 2.45) is 4.99 Å². The van der Waals surface area contributed by atoms with Crippen molar-refractivity contribution in [1.29, 1.82) is 0 Å². The van der Waals surface area contributed by atoms with Crippen LogP contribution in [-0.4, -0.2) is 11.2 Å². The molecule has 0 radical (unpaired) electrons. The minimum absolute atomic E-state index is 0.663. The van der Waals surface area contributed by atoms with Crippen LogP contribution in [0.25, 0.3) is 5.70 Å². The van der Waals surface area contributed by atoms with Gasteiger partial charge in [-0.05, 0) is 37.6 Å². The lowest BCUT2D eigenvalue weighted by molar-refractivity contribution is 0.324. The molecule has 1 aliphatic rings. The van der Waals surface area contributed by atoms with E-state index in [1.54, 1.807) is 6.20 Å². The highest BCUT2D eigenvalue weighted by Gasteiger charge is 2.06. The Kier molecular flexibility index (Phi) is 3.72. The van der Waals surface area contributed by atoms with Crippen LogP contribution in [0.4, 0.5) is 0 Å². The minimum Gasteiger partial charge on any atom is -0.463 e. The Bertz CT molecular complexity index is 553. The quantitative estimate of drug-likeness (QED) is 0.756. The lowest BCUT2D eigenvalue weighted by atomic mass is 10.2. The van der Waals surface area contributed by atoms with Crippen molar-refractivity contribution in [3.8, 4) is 0 Å². The highest BCUT2D eigenvalue weighted by atomic mass is 16.5. The van der Waals surface area contributed by atoms with Gasteiger partial charge in [0.25, 0.3) is 0 Å². The molecule has 3 heteroatoms. The number of rotatable bonds is 3. The van der Waals surface area contributed by atoms with E-state index in [1.165, 1.54) is 0 Å². The zero-order valence-corrected chi connectivity index (χ0v) is 10.7. The van der Waals surface area contributed by atoms with Gasteiger partial charge in [0.05, 0.1) is 17.2 Å². The monoisotopic (exact) mass is 240 g/mol. The van der Waals surface area contributed by atoms with Crippen molar-refractivity contribution in [2.75, 3.05) is 0 Å². The summed E-state index contributed by atoms with van der Waals surface area (Å²) in [4.78, 5) is 8.74. The molecule has 18 heavy (non-hydrogen) atoms. The van der Waals surface area contributed by atoms with E-state index >= 15 is 0 Å². The SMILES string of the molecule is C=C(C)OC1=CCC=NC(c2cc(C)ccn2)=C1. The van der Waals surface area contributed by atoms with E-state index in [1.807, 2.05) is 44.3 Å². The number of aliphatic imine (C=N–C) groups is 1. The van der Waals surface area contributed by atoms with E-state index < -0.39 is 0 Å². The van der Waals surface area contributed by atoms with Crippen LogP contribution >= 0.6 is 0 Å². The Morgan fingerprint density at radius 2 is 2.28 bits per heavy atom. The molecular formula is C15H16N2O. The van der Waals surface area contributed by atoms with Crippen LogP contribution in [0.1, 0.15) is 24.6 Å². The van der Waals surface area contributed by atoms with E-state index in [4.69, 9.17) is 4.74 Å². The number of aryl methyl sites for hydroxylation is 1. The van der Waals surface area contributed by atoms with E-state index in [9.17, 15) is 0 Å². The van der Waals surface area contributed by atoms with Crippen LogP contribution in [-0.2, 0) is 4.74 Å². The predicted molar refractivity (Wildman–Crippen MR) is 74.0 cm³/mol. The molecule has 2 rings (SSSR count). The molecule has 0 saturated heterocycles. The average Bonchev–Trinajstić information content (AvgIpc) is 2.54. The highest BCUT2D eigenvalue weighted by Crippen LogP contribution is 2.20. The first-order valence-electron chi connectivity index (χ1n) is 5.86. The molecule has 1 aliphatic heterocycles. The maximum absolute atomic E-state index is 5.54. The van der Waals surface area contributed by atoms with Crippen LogP contribution in [0.2, 0.25) is 0 Å². The van der Waals surface area contributed by atoms with Gasteiger partial charge < -0.3 is 4.74 Å². The van der Waals surface area contributed by atoms with Gasteiger partial charge in [0.15, 0.2) is 0 Å². The molecule has 3 nitrogen and oxygen atoms in total. The third-order valence-corrected chi connectivity index (χ3v) is 2.40. The molecule has 0 bridgehead atoms. The van der Waals surface area contributed by atoms with Crippen molar-refractivity contribution in [2.45, 2.75) is 20.3 Å². The molecular weight excluding hydrogens is 224 g/mol. The van der Waals surface area contributed by atoms with Gasteiger partial charge in [-0.1, -0.05) is 6.58 Å². The lowest BCUT2D eigenvalue weighted by Crippen LogP contribution is -1.90. The molecule has 0 atom stereocenters. The van der Waals surface area contributed by atoms with Crippen LogP contribution in [0.5, 0.6) is 0 Å². The number of ether oxygens (including phenoxy) is 1. The van der Waals surface area contributed by atoms with Crippen LogP contribution in [0, 0.1) is 6.92 Å². The van der Waals surface area contributed by atoms with Gasteiger partial charge in [0, 0.05) is 24.9 Å². The molecule has 0 unspecified atom stereocenters. The molecule has 1 aromatic heterocycles. The number of nitrogens with zero attached hydrogens (tertiary/aromatic N) is 2. The largest absolute Gasteiger partial charge is 0.463 e. The molecule has 0 N–H and O–H groups in total. The first-order valence-corrected chi connectivity index (χ1v) is 5.86. The molecule has 1 aromatic rings. The van der Waals surface area contributed by atoms with Gasteiger partial charge >= 0.3 is 0 Å². The van der Waals surface area contributed by atoms with Gasteiger partial charge in [-0.3, -0.25) is 9.98 Å². The number of pyridine rings is 1. The summed E-state index contributed by atoms with van der Waals surface area (Å²) in [6.07, 6.45) is 8.24. The van der Waals surface area contributed by atoms with Gasteiger partial charge in [0.1, 0.15) is 5.76 Å². The van der Waals surface area contributed by atoms with E-state index in [0.717, 1.165) is 29.1 Å². The topological polar surface area (TPSA) is 34.5 Å². The van der Waals surface area contributed by atoms with E-state index in [-0.39, 0.29) is 0 Å². The molecule has 0 saturated carbocycles. The zero-order valence-electron chi connectivity index (χ0n) is 10.7. The normalized spacial score (nSPS) is 14.6. The summed E-state index contributed by atoms with van der Waals surface area (Å²) in [5.74, 6) is 1.43. The second-order valence-electron chi connectivity index (χ2n) is 4.21. The van der Waals surface area contributed by atoms with Crippen LogP contribution < -0.4 is 0 Å². The number of hydrogen-bond donors (Lipinski definition) is 0. The van der Waals surface area contributed by atoms with Crippen molar-refractivity contribution in [1.82, 2.24) is 4.98 Å². The fourth-order valence-corrected chi connectivity index (χ4v) is 1.64. The molecule has 0 aliphatic carbocycles. The number of aromatic nitrogens is 1.